The number of esters is 1. The molecule has 0 amide bonds. The summed E-state index contributed by atoms with van der Waals surface area (Å²) in [5.41, 5.74) is 7.74. The molecule has 6 nitrogen and oxygen atoms in total. The van der Waals surface area contributed by atoms with Gasteiger partial charge in [-0.3, -0.25) is 4.79 Å². The standard InChI is InChI=1S/C20H19N3O3S/c1-2-26-20(25)16-17(21)23(19(24)15-11-7-4-8-12-15)22-18(16)27-13-14-9-5-3-6-10-14/h3-12H,2,13,21H2,1H3. The van der Waals surface area contributed by atoms with Gasteiger partial charge in [0.1, 0.15) is 16.4 Å². The van der Waals surface area contributed by atoms with Crippen molar-refractivity contribution >= 4 is 29.5 Å². The second-order valence-electron chi connectivity index (χ2n) is 5.64. The van der Waals surface area contributed by atoms with Crippen molar-refractivity contribution in [3.05, 3.63) is 77.4 Å². The van der Waals surface area contributed by atoms with Crippen LogP contribution in [0.25, 0.3) is 0 Å². The molecule has 138 valence electrons. The zero-order valence-electron chi connectivity index (χ0n) is 14.8. The first-order valence-corrected chi connectivity index (χ1v) is 9.42. The van der Waals surface area contributed by atoms with Crippen molar-refractivity contribution in [1.82, 2.24) is 9.78 Å². The maximum Gasteiger partial charge on any atom is 0.344 e. The quantitative estimate of drug-likeness (QED) is 0.518. The van der Waals surface area contributed by atoms with Gasteiger partial charge in [0.25, 0.3) is 5.91 Å². The van der Waals surface area contributed by atoms with Crippen molar-refractivity contribution in [2.24, 2.45) is 0 Å². The maximum atomic E-state index is 12.7. The van der Waals surface area contributed by atoms with E-state index in [4.69, 9.17) is 10.5 Å². The molecule has 3 aromatic rings. The summed E-state index contributed by atoms with van der Waals surface area (Å²) in [6.45, 7) is 1.92. The lowest BCUT2D eigenvalue weighted by atomic mass is 10.2. The van der Waals surface area contributed by atoms with Crippen LogP contribution in [-0.2, 0) is 10.5 Å². The summed E-state index contributed by atoms with van der Waals surface area (Å²) in [6, 6.07) is 18.4. The number of rotatable bonds is 6. The normalized spacial score (nSPS) is 10.6. The minimum atomic E-state index is -0.585. The summed E-state index contributed by atoms with van der Waals surface area (Å²) in [6.07, 6.45) is 0. The fraction of sp³-hybridized carbons (Fsp3) is 0.150. The molecule has 27 heavy (non-hydrogen) atoms. The highest BCUT2D eigenvalue weighted by Gasteiger charge is 2.26. The van der Waals surface area contributed by atoms with Crippen molar-refractivity contribution in [2.75, 3.05) is 12.3 Å². The van der Waals surface area contributed by atoms with Gasteiger partial charge < -0.3 is 10.5 Å². The van der Waals surface area contributed by atoms with E-state index in [0.717, 1.165) is 10.2 Å². The van der Waals surface area contributed by atoms with Crippen molar-refractivity contribution in [3.63, 3.8) is 0 Å². The molecule has 3 rings (SSSR count). The van der Waals surface area contributed by atoms with Crippen molar-refractivity contribution < 1.29 is 14.3 Å². The molecule has 0 aliphatic rings. The Morgan fingerprint density at radius 1 is 1.07 bits per heavy atom. The maximum absolute atomic E-state index is 12.7. The van der Waals surface area contributed by atoms with E-state index in [2.05, 4.69) is 5.10 Å². The molecule has 0 bridgehead atoms. The lowest BCUT2D eigenvalue weighted by Gasteiger charge is -2.04. The Kier molecular flexibility index (Phi) is 5.93. The smallest absolute Gasteiger partial charge is 0.344 e. The van der Waals surface area contributed by atoms with E-state index in [9.17, 15) is 9.59 Å². The summed E-state index contributed by atoms with van der Waals surface area (Å²) < 4.78 is 6.17. The summed E-state index contributed by atoms with van der Waals surface area (Å²) in [5.74, 6) is -0.413. The van der Waals surface area contributed by atoms with Crippen molar-refractivity contribution in [3.8, 4) is 0 Å². The average Bonchev–Trinajstić information content (AvgIpc) is 3.03. The molecule has 0 aliphatic heterocycles. The minimum Gasteiger partial charge on any atom is -0.462 e. The lowest BCUT2D eigenvalue weighted by molar-refractivity contribution is 0.0523. The number of nitrogens with zero attached hydrogens (tertiary/aromatic N) is 2. The van der Waals surface area contributed by atoms with E-state index in [1.54, 1.807) is 31.2 Å². The van der Waals surface area contributed by atoms with Gasteiger partial charge in [-0.05, 0) is 24.6 Å². The Bertz CT molecular complexity index is 940. The van der Waals surface area contributed by atoms with Crippen molar-refractivity contribution in [1.29, 1.82) is 0 Å². The average molecular weight is 381 g/mol. The number of benzene rings is 2. The summed E-state index contributed by atoms with van der Waals surface area (Å²) in [5, 5.41) is 4.68. The molecular formula is C20H19N3O3S. The molecule has 2 N–H and O–H groups in total. The van der Waals surface area contributed by atoms with Gasteiger partial charge in [0.15, 0.2) is 0 Å². The predicted molar refractivity (Wildman–Crippen MR) is 105 cm³/mol. The van der Waals surface area contributed by atoms with Gasteiger partial charge in [-0.2, -0.15) is 9.78 Å². The van der Waals surface area contributed by atoms with E-state index in [0.29, 0.717) is 16.3 Å². The number of aromatic nitrogens is 2. The molecule has 0 unspecified atom stereocenters. The van der Waals surface area contributed by atoms with E-state index in [1.165, 1.54) is 11.8 Å². The van der Waals surface area contributed by atoms with Gasteiger partial charge in [0, 0.05) is 11.3 Å². The molecule has 7 heteroatoms. The molecule has 0 atom stereocenters. The van der Waals surface area contributed by atoms with E-state index >= 15 is 0 Å². The molecule has 1 heterocycles. The Labute approximate surface area is 161 Å². The highest BCUT2D eigenvalue weighted by molar-refractivity contribution is 7.98. The van der Waals surface area contributed by atoms with Crippen LogP contribution in [0, 0.1) is 0 Å². The first-order chi connectivity index (χ1) is 13.1. The van der Waals surface area contributed by atoms with E-state index in [-0.39, 0.29) is 18.0 Å². The highest BCUT2D eigenvalue weighted by atomic mass is 32.2. The van der Waals surface area contributed by atoms with Gasteiger partial charge >= 0.3 is 5.97 Å². The topological polar surface area (TPSA) is 87.2 Å². The number of hydrogen-bond donors (Lipinski definition) is 1. The fourth-order valence-corrected chi connectivity index (χ4v) is 3.46. The van der Waals surface area contributed by atoms with Crippen LogP contribution in [0.1, 0.15) is 33.2 Å². The van der Waals surface area contributed by atoms with Crippen LogP contribution in [0.15, 0.2) is 65.7 Å². The van der Waals surface area contributed by atoms with Gasteiger partial charge in [-0.1, -0.05) is 60.3 Å². The number of anilines is 1. The molecule has 0 saturated carbocycles. The summed E-state index contributed by atoms with van der Waals surface area (Å²) >= 11 is 1.34. The molecule has 2 aromatic carbocycles. The molecule has 1 aromatic heterocycles. The molecule has 0 aliphatic carbocycles. The van der Waals surface area contributed by atoms with Crippen LogP contribution < -0.4 is 5.73 Å². The zero-order valence-corrected chi connectivity index (χ0v) is 15.6. The van der Waals surface area contributed by atoms with Crippen LogP contribution in [0.2, 0.25) is 0 Å². The predicted octanol–water partition coefficient (Wildman–Crippen LogP) is 3.62. The second-order valence-corrected chi connectivity index (χ2v) is 6.61. The first kappa shape index (κ1) is 18.7. The SMILES string of the molecule is CCOC(=O)c1c(SCc2ccccc2)nn(C(=O)c2ccccc2)c1N. The summed E-state index contributed by atoms with van der Waals surface area (Å²) in [7, 11) is 0. The monoisotopic (exact) mass is 381 g/mol. The van der Waals surface area contributed by atoms with Crippen LogP contribution in [0.4, 0.5) is 5.82 Å². The number of ether oxygens (including phenoxy) is 1. The van der Waals surface area contributed by atoms with Crippen LogP contribution in [-0.4, -0.2) is 28.3 Å². The molecule has 0 radical (unpaired) electrons. The summed E-state index contributed by atoms with van der Waals surface area (Å²) in [4.78, 5) is 25.1. The van der Waals surface area contributed by atoms with Crippen molar-refractivity contribution in [2.45, 2.75) is 17.7 Å². The number of nitrogens with two attached hydrogens (primary N) is 1. The largest absolute Gasteiger partial charge is 0.462 e. The number of nitrogen functional groups attached to an aromatic ring is 1. The number of carbonyl (C=O) groups excluding carboxylic acids is 2. The van der Waals surface area contributed by atoms with Gasteiger partial charge in [0.05, 0.1) is 6.61 Å². The Hall–Kier alpha value is -3.06. The van der Waals surface area contributed by atoms with Gasteiger partial charge in [0.2, 0.25) is 0 Å². The van der Waals surface area contributed by atoms with Gasteiger partial charge in [-0.15, -0.1) is 0 Å². The first-order valence-electron chi connectivity index (χ1n) is 8.44. The fourth-order valence-electron chi connectivity index (χ4n) is 2.49. The molecular weight excluding hydrogens is 362 g/mol. The Balaban J connectivity index is 1.95. The van der Waals surface area contributed by atoms with E-state index < -0.39 is 11.9 Å². The highest BCUT2D eigenvalue weighted by Crippen LogP contribution is 2.30. The van der Waals surface area contributed by atoms with Crippen LogP contribution >= 0.6 is 11.8 Å². The molecule has 0 fully saturated rings. The number of hydrogen-bond acceptors (Lipinski definition) is 6. The zero-order chi connectivity index (χ0) is 19.2. The van der Waals surface area contributed by atoms with Crippen LogP contribution in [0.5, 0.6) is 0 Å². The molecule has 0 saturated heterocycles. The van der Waals surface area contributed by atoms with E-state index in [1.807, 2.05) is 36.4 Å². The number of carbonyl (C=O) groups is 2. The third kappa shape index (κ3) is 4.20. The number of thioether (sulfide) groups is 1. The third-order valence-electron chi connectivity index (χ3n) is 3.80. The second kappa shape index (κ2) is 8.55. The Morgan fingerprint density at radius 3 is 2.33 bits per heavy atom. The minimum absolute atomic E-state index is 0.0159. The van der Waals surface area contributed by atoms with Gasteiger partial charge in [-0.25, -0.2) is 4.79 Å². The lowest BCUT2D eigenvalue weighted by Crippen LogP contribution is -2.17. The molecule has 0 spiro atoms. The third-order valence-corrected chi connectivity index (χ3v) is 4.84. The Morgan fingerprint density at radius 2 is 1.70 bits per heavy atom. The van der Waals surface area contributed by atoms with Crippen LogP contribution in [0.3, 0.4) is 0 Å².